The molecule has 1 aliphatic rings. The molecule has 0 aliphatic carbocycles. The van der Waals surface area contributed by atoms with Crippen LogP contribution < -0.4 is 4.74 Å². The normalized spacial score (nSPS) is 20.9. The first kappa shape index (κ1) is 16.5. The summed E-state index contributed by atoms with van der Waals surface area (Å²) in [4.78, 5) is 12.9. The van der Waals surface area contributed by atoms with Crippen molar-refractivity contribution in [1.82, 2.24) is 4.90 Å². The maximum absolute atomic E-state index is 10.9. The van der Waals surface area contributed by atoms with E-state index in [9.17, 15) is 9.90 Å². The zero-order valence-corrected chi connectivity index (χ0v) is 13.4. The third kappa shape index (κ3) is 3.75. The molecule has 0 saturated carbocycles. The first-order chi connectivity index (χ1) is 11.6. The largest absolute Gasteiger partial charge is 0.482 e. The van der Waals surface area contributed by atoms with Crippen molar-refractivity contribution in [2.75, 3.05) is 19.7 Å². The van der Waals surface area contributed by atoms with Crippen molar-refractivity contribution in [2.45, 2.75) is 18.6 Å². The zero-order chi connectivity index (χ0) is 17.0. The Kier molecular flexibility index (Phi) is 4.83. The molecule has 2 aromatic rings. The summed E-state index contributed by atoms with van der Waals surface area (Å²) in [5.41, 5.74) is 1.02. The minimum absolute atomic E-state index is 0.356. The van der Waals surface area contributed by atoms with E-state index < -0.39 is 11.6 Å². The lowest BCUT2D eigenvalue weighted by Gasteiger charge is -2.24. The Hall–Kier alpha value is -2.37. The molecule has 0 bridgehead atoms. The molecule has 0 radical (unpaired) electrons. The van der Waals surface area contributed by atoms with Crippen molar-refractivity contribution in [3.63, 3.8) is 0 Å². The highest BCUT2D eigenvalue weighted by molar-refractivity contribution is 5.68. The SMILES string of the molecule is O=C(O)COc1ccccc1CN1CC[C@@](O)(c2ccccc2)C1. The van der Waals surface area contributed by atoms with Crippen LogP contribution in [0.25, 0.3) is 0 Å². The molecule has 1 heterocycles. The van der Waals surface area contributed by atoms with Gasteiger partial charge in [0.1, 0.15) is 11.4 Å². The summed E-state index contributed by atoms with van der Waals surface area (Å²) in [6, 6.07) is 17.1. The van der Waals surface area contributed by atoms with Crippen molar-refractivity contribution >= 4 is 5.97 Å². The van der Waals surface area contributed by atoms with Crippen LogP contribution in [0.1, 0.15) is 17.5 Å². The molecule has 24 heavy (non-hydrogen) atoms. The molecule has 3 rings (SSSR count). The number of hydrogen-bond acceptors (Lipinski definition) is 4. The van der Waals surface area contributed by atoms with E-state index in [2.05, 4.69) is 4.90 Å². The number of aliphatic hydroxyl groups is 1. The number of nitrogens with zero attached hydrogens (tertiary/aromatic N) is 1. The number of β-amino-alcohol motifs (C(OH)–C–C–N with tert-alkyl or cyclic N) is 1. The molecule has 0 unspecified atom stereocenters. The lowest BCUT2D eigenvalue weighted by atomic mass is 9.93. The highest BCUT2D eigenvalue weighted by Gasteiger charge is 2.37. The Balaban J connectivity index is 1.69. The zero-order valence-electron chi connectivity index (χ0n) is 13.4. The van der Waals surface area contributed by atoms with Crippen molar-refractivity contribution in [3.05, 3.63) is 65.7 Å². The number of hydrogen-bond donors (Lipinski definition) is 2. The molecule has 5 heteroatoms. The van der Waals surface area contributed by atoms with E-state index in [1.165, 1.54) is 0 Å². The number of benzene rings is 2. The number of carbonyl (C=O) groups is 1. The van der Waals surface area contributed by atoms with E-state index >= 15 is 0 Å². The minimum Gasteiger partial charge on any atom is -0.482 e. The van der Waals surface area contributed by atoms with Crippen LogP contribution in [0.2, 0.25) is 0 Å². The van der Waals surface area contributed by atoms with E-state index in [0.717, 1.165) is 17.7 Å². The third-order valence-corrected chi connectivity index (χ3v) is 4.36. The van der Waals surface area contributed by atoms with Crippen LogP contribution in [0.5, 0.6) is 5.75 Å². The van der Waals surface area contributed by atoms with Crippen molar-refractivity contribution in [3.8, 4) is 5.75 Å². The van der Waals surface area contributed by atoms with Crippen molar-refractivity contribution in [1.29, 1.82) is 0 Å². The highest BCUT2D eigenvalue weighted by Crippen LogP contribution is 2.33. The number of para-hydroxylation sites is 1. The Morgan fingerprint density at radius 3 is 2.58 bits per heavy atom. The Bertz CT molecular complexity index is 704. The summed E-state index contributed by atoms with van der Waals surface area (Å²) in [5, 5.41) is 19.7. The topological polar surface area (TPSA) is 70.0 Å². The second kappa shape index (κ2) is 7.03. The molecule has 0 aromatic heterocycles. The van der Waals surface area contributed by atoms with Crippen LogP contribution >= 0.6 is 0 Å². The maximum Gasteiger partial charge on any atom is 0.341 e. The smallest absolute Gasteiger partial charge is 0.341 e. The minimum atomic E-state index is -0.996. The van der Waals surface area contributed by atoms with E-state index in [1.807, 2.05) is 48.5 Å². The Morgan fingerprint density at radius 2 is 1.83 bits per heavy atom. The van der Waals surface area contributed by atoms with Crippen molar-refractivity contribution < 1.29 is 19.7 Å². The molecule has 0 amide bonds. The van der Waals surface area contributed by atoms with E-state index in [1.54, 1.807) is 6.07 Å². The second-order valence-electron chi connectivity index (χ2n) is 6.15. The number of carboxylic acids is 1. The third-order valence-electron chi connectivity index (χ3n) is 4.36. The molecule has 2 N–H and O–H groups in total. The summed E-state index contributed by atoms with van der Waals surface area (Å²) < 4.78 is 5.36. The fraction of sp³-hybridized carbons (Fsp3) is 0.316. The average molecular weight is 327 g/mol. The van der Waals surface area contributed by atoms with Gasteiger partial charge in [-0.25, -0.2) is 4.79 Å². The average Bonchev–Trinajstić information content (AvgIpc) is 2.97. The second-order valence-corrected chi connectivity index (χ2v) is 6.15. The standard InChI is InChI=1S/C19H21NO4/c21-18(22)13-24-17-9-5-4-6-15(17)12-20-11-10-19(23,14-20)16-7-2-1-3-8-16/h1-9,23H,10-14H2,(H,21,22)/t19-/m0/s1. The van der Waals surface area contributed by atoms with Crippen molar-refractivity contribution in [2.24, 2.45) is 0 Å². The number of ether oxygens (including phenoxy) is 1. The number of aliphatic carboxylic acids is 1. The fourth-order valence-corrected chi connectivity index (χ4v) is 3.15. The predicted octanol–water partition coefficient (Wildman–Crippen LogP) is 2.24. The maximum atomic E-state index is 10.9. The number of rotatable bonds is 6. The van der Waals surface area contributed by atoms with Gasteiger partial charge in [-0.3, -0.25) is 4.90 Å². The van der Waals surface area contributed by atoms with Gasteiger partial charge < -0.3 is 14.9 Å². The highest BCUT2D eigenvalue weighted by atomic mass is 16.5. The van der Waals surface area contributed by atoms with Crippen LogP contribution in [0.15, 0.2) is 54.6 Å². The fourth-order valence-electron chi connectivity index (χ4n) is 3.15. The quantitative estimate of drug-likeness (QED) is 0.851. The molecule has 2 aromatic carbocycles. The molecular weight excluding hydrogens is 306 g/mol. The van der Waals surface area contributed by atoms with Crippen LogP contribution in [-0.2, 0) is 16.9 Å². The molecule has 1 atom stereocenters. The first-order valence-electron chi connectivity index (χ1n) is 8.00. The lowest BCUT2D eigenvalue weighted by molar-refractivity contribution is -0.139. The van der Waals surface area contributed by atoms with Gasteiger partial charge in [-0.2, -0.15) is 0 Å². The van der Waals surface area contributed by atoms with Gasteiger partial charge in [-0.15, -0.1) is 0 Å². The summed E-state index contributed by atoms with van der Waals surface area (Å²) in [6.07, 6.45) is 0.676. The number of likely N-dealkylation sites (tertiary alicyclic amines) is 1. The van der Waals surface area contributed by atoms with Gasteiger partial charge in [0, 0.05) is 25.2 Å². The van der Waals surface area contributed by atoms with Gasteiger partial charge in [-0.05, 0) is 18.1 Å². The van der Waals surface area contributed by atoms with E-state index in [4.69, 9.17) is 9.84 Å². The number of carboxylic acid groups (broad SMARTS) is 1. The monoisotopic (exact) mass is 327 g/mol. The summed E-state index contributed by atoms with van der Waals surface area (Å²) in [6.45, 7) is 1.58. The summed E-state index contributed by atoms with van der Waals surface area (Å²) in [5.74, 6) is -0.417. The van der Waals surface area contributed by atoms with E-state index in [0.29, 0.717) is 25.3 Å². The molecule has 1 saturated heterocycles. The Labute approximate surface area is 141 Å². The molecule has 126 valence electrons. The summed E-state index contributed by atoms with van der Waals surface area (Å²) >= 11 is 0. The molecule has 0 spiro atoms. The lowest BCUT2D eigenvalue weighted by Crippen LogP contribution is -2.30. The van der Waals surface area contributed by atoms with E-state index in [-0.39, 0.29) is 6.61 Å². The van der Waals surface area contributed by atoms with Gasteiger partial charge in [0.2, 0.25) is 0 Å². The van der Waals surface area contributed by atoms with Gasteiger partial charge in [-0.1, -0.05) is 48.5 Å². The van der Waals surface area contributed by atoms with Gasteiger partial charge in [0.15, 0.2) is 6.61 Å². The molecule has 5 nitrogen and oxygen atoms in total. The Morgan fingerprint density at radius 1 is 1.12 bits per heavy atom. The van der Waals surface area contributed by atoms with Crippen LogP contribution in [0.3, 0.4) is 0 Å². The van der Waals surface area contributed by atoms with Gasteiger partial charge >= 0.3 is 5.97 Å². The van der Waals surface area contributed by atoms with Gasteiger partial charge in [0.05, 0.1) is 0 Å². The molecular formula is C19H21NO4. The van der Waals surface area contributed by atoms with Gasteiger partial charge in [0.25, 0.3) is 0 Å². The predicted molar refractivity (Wildman–Crippen MR) is 89.8 cm³/mol. The van der Waals surface area contributed by atoms with Crippen LogP contribution in [0.4, 0.5) is 0 Å². The van der Waals surface area contributed by atoms with Crippen LogP contribution in [0, 0.1) is 0 Å². The van der Waals surface area contributed by atoms with Crippen LogP contribution in [-0.4, -0.2) is 40.8 Å². The first-order valence-corrected chi connectivity index (χ1v) is 8.00. The molecule has 1 fully saturated rings. The molecule has 1 aliphatic heterocycles. The summed E-state index contributed by atoms with van der Waals surface area (Å²) in [7, 11) is 0.